The highest BCUT2D eigenvalue weighted by Crippen LogP contribution is 2.15. The third-order valence-corrected chi connectivity index (χ3v) is 5.15. The van der Waals surface area contributed by atoms with Crippen LogP contribution in [-0.2, 0) is 16.0 Å². The quantitative estimate of drug-likeness (QED) is 0.175. The maximum Gasteiger partial charge on any atom is 0.302 e. The summed E-state index contributed by atoms with van der Waals surface area (Å²) in [4.78, 5) is 21.9. The number of nitrogens with zero attached hydrogens (tertiary/aromatic N) is 2. The molecular formula is C30H43FN4O2S. The van der Waals surface area contributed by atoms with Gasteiger partial charge in [-0.3, -0.25) is 4.79 Å². The van der Waals surface area contributed by atoms with Crippen LogP contribution in [0.25, 0.3) is 11.0 Å². The number of benzene rings is 2. The van der Waals surface area contributed by atoms with Gasteiger partial charge in [-0.25, -0.2) is 9.37 Å². The van der Waals surface area contributed by atoms with Crippen molar-refractivity contribution < 1.29 is 13.9 Å². The number of hydrogen-bond acceptors (Lipinski definition) is 6. The fraction of sp³-hybridized carbons (Fsp3) is 0.367. The molecule has 38 heavy (non-hydrogen) atoms. The van der Waals surface area contributed by atoms with E-state index >= 15 is 0 Å². The summed E-state index contributed by atoms with van der Waals surface area (Å²) in [5, 5.41) is 1.04. The molecule has 0 bridgehead atoms. The molecule has 1 atom stereocenters. The molecule has 0 saturated heterocycles. The van der Waals surface area contributed by atoms with Gasteiger partial charge >= 0.3 is 5.97 Å². The Balaban J connectivity index is 0.000000513. The van der Waals surface area contributed by atoms with Crippen molar-refractivity contribution >= 4 is 35.8 Å². The largest absolute Gasteiger partial charge is 0.465 e. The number of carbonyl (C=O) groups excluding carboxylic acids is 1. The number of rotatable bonds is 5. The molecule has 2 aromatic heterocycles. The summed E-state index contributed by atoms with van der Waals surface area (Å²) in [6, 6.07) is 18.8. The van der Waals surface area contributed by atoms with Crippen LogP contribution < -0.4 is 4.72 Å². The molecule has 0 spiro atoms. The van der Waals surface area contributed by atoms with Gasteiger partial charge in [0.2, 0.25) is 5.95 Å². The van der Waals surface area contributed by atoms with E-state index < -0.39 is 0 Å². The number of aromatic amines is 1. The predicted molar refractivity (Wildman–Crippen MR) is 161 cm³/mol. The lowest BCUT2D eigenvalue weighted by molar-refractivity contribution is -0.141. The van der Waals surface area contributed by atoms with E-state index in [-0.39, 0.29) is 17.7 Å². The minimum absolute atomic E-state index is 0.0972. The average molecular weight is 543 g/mol. The van der Waals surface area contributed by atoms with Crippen LogP contribution >= 0.6 is 12.8 Å². The Hall–Kier alpha value is -3.39. The molecule has 6 nitrogen and oxygen atoms in total. The van der Waals surface area contributed by atoms with E-state index in [1.54, 1.807) is 12.1 Å². The van der Waals surface area contributed by atoms with Crippen LogP contribution in [0.15, 0.2) is 66.9 Å². The van der Waals surface area contributed by atoms with Gasteiger partial charge in [0, 0.05) is 24.4 Å². The normalized spacial score (nSPS) is 10.1. The van der Waals surface area contributed by atoms with Crippen molar-refractivity contribution in [2.24, 2.45) is 0 Å². The molecule has 1 unspecified atom stereocenters. The minimum atomic E-state index is -0.220. The fourth-order valence-corrected chi connectivity index (χ4v) is 3.15. The lowest BCUT2D eigenvalue weighted by Gasteiger charge is -2.10. The molecule has 0 aliphatic carbocycles. The third kappa shape index (κ3) is 12.7. The number of carbonyl (C=O) groups is 1. The molecule has 4 aromatic rings. The number of nitrogens with one attached hydrogen (secondary N) is 2. The van der Waals surface area contributed by atoms with E-state index in [9.17, 15) is 9.18 Å². The number of ether oxygens (including phenoxy) is 1. The summed E-state index contributed by atoms with van der Waals surface area (Å²) >= 11 is 3.87. The molecule has 2 N–H and O–H groups in total. The van der Waals surface area contributed by atoms with Crippen LogP contribution in [0.1, 0.15) is 71.2 Å². The molecule has 2 aromatic carbocycles. The van der Waals surface area contributed by atoms with Gasteiger partial charge in [0.15, 0.2) is 0 Å². The minimum Gasteiger partial charge on any atom is -0.465 e. The molecule has 0 aliphatic rings. The van der Waals surface area contributed by atoms with Crippen molar-refractivity contribution in [3.05, 3.63) is 89.5 Å². The van der Waals surface area contributed by atoms with Crippen molar-refractivity contribution in [1.29, 1.82) is 0 Å². The zero-order valence-corrected chi connectivity index (χ0v) is 24.8. The summed E-state index contributed by atoms with van der Waals surface area (Å²) in [5.41, 5.74) is 3.76. The molecule has 0 aliphatic heterocycles. The lowest BCUT2D eigenvalue weighted by Crippen LogP contribution is -2.07. The first-order chi connectivity index (χ1) is 18.3. The second-order valence-corrected chi connectivity index (χ2v) is 7.77. The third-order valence-electron chi connectivity index (χ3n) is 4.95. The molecule has 2 heterocycles. The van der Waals surface area contributed by atoms with Crippen molar-refractivity contribution in [3.63, 3.8) is 0 Å². The number of hydrogen-bond donors (Lipinski definition) is 3. The summed E-state index contributed by atoms with van der Waals surface area (Å²) in [6.07, 6.45) is 2.61. The first kappa shape index (κ1) is 34.6. The highest BCUT2D eigenvalue weighted by molar-refractivity contribution is 7.81. The Bertz CT molecular complexity index is 1170. The zero-order valence-electron chi connectivity index (χ0n) is 23.9. The smallest absolute Gasteiger partial charge is 0.302 e. The summed E-state index contributed by atoms with van der Waals surface area (Å²) < 4.78 is 20.1. The molecular weight excluding hydrogens is 499 g/mol. The van der Waals surface area contributed by atoms with Crippen molar-refractivity contribution in [2.75, 3.05) is 11.3 Å². The Morgan fingerprint density at radius 1 is 1.03 bits per heavy atom. The van der Waals surface area contributed by atoms with Crippen LogP contribution in [0.3, 0.4) is 0 Å². The SMILES string of the molecule is CC.CC.CC(=O)OCC(C)c1ccccc1.CCc1ccccc1F.Cc1nc(NS)nc2[nH]ccc12. The maximum absolute atomic E-state index is 12.6. The van der Waals surface area contributed by atoms with E-state index in [1.807, 2.05) is 97.1 Å². The summed E-state index contributed by atoms with van der Waals surface area (Å²) in [6.45, 7) is 15.8. The second kappa shape index (κ2) is 20.6. The number of halogens is 1. The molecule has 208 valence electrons. The van der Waals surface area contributed by atoms with Crippen LogP contribution in [0.2, 0.25) is 0 Å². The van der Waals surface area contributed by atoms with Gasteiger partial charge in [-0.15, -0.1) is 0 Å². The fourth-order valence-electron chi connectivity index (χ4n) is 3.05. The number of thiol groups is 1. The second-order valence-electron chi connectivity index (χ2n) is 7.54. The Kier molecular flexibility index (Phi) is 18.8. The van der Waals surface area contributed by atoms with Gasteiger partial charge in [0.05, 0.1) is 12.3 Å². The van der Waals surface area contributed by atoms with E-state index in [0.29, 0.717) is 12.6 Å². The number of esters is 1. The highest BCUT2D eigenvalue weighted by atomic mass is 32.1. The molecule has 0 amide bonds. The van der Waals surface area contributed by atoms with E-state index in [4.69, 9.17) is 4.74 Å². The zero-order chi connectivity index (χ0) is 28.9. The first-order valence-corrected chi connectivity index (χ1v) is 13.4. The Morgan fingerprint density at radius 2 is 1.63 bits per heavy atom. The van der Waals surface area contributed by atoms with E-state index in [2.05, 4.69) is 32.5 Å². The van der Waals surface area contributed by atoms with Crippen LogP contribution in [0, 0.1) is 12.7 Å². The van der Waals surface area contributed by atoms with Crippen LogP contribution in [-0.4, -0.2) is 27.5 Å². The number of H-pyrrole nitrogens is 1. The van der Waals surface area contributed by atoms with Gasteiger partial charge in [-0.1, -0.05) is 103 Å². The van der Waals surface area contributed by atoms with Gasteiger partial charge in [0.1, 0.15) is 11.5 Å². The Morgan fingerprint density at radius 3 is 2.16 bits per heavy atom. The summed E-state index contributed by atoms with van der Waals surface area (Å²) in [5.74, 6) is 0.471. The first-order valence-electron chi connectivity index (χ1n) is 13.0. The van der Waals surface area contributed by atoms with Crippen LogP contribution in [0.5, 0.6) is 0 Å². The van der Waals surface area contributed by atoms with Gasteiger partial charge in [0.25, 0.3) is 0 Å². The van der Waals surface area contributed by atoms with E-state index in [0.717, 1.165) is 28.7 Å². The predicted octanol–water partition coefficient (Wildman–Crippen LogP) is 8.32. The monoisotopic (exact) mass is 542 g/mol. The van der Waals surface area contributed by atoms with Crippen molar-refractivity contribution in [2.45, 2.75) is 67.7 Å². The Labute approximate surface area is 233 Å². The van der Waals surface area contributed by atoms with Crippen molar-refractivity contribution in [3.8, 4) is 0 Å². The summed E-state index contributed by atoms with van der Waals surface area (Å²) in [7, 11) is 0. The molecule has 4 rings (SSSR count). The number of aromatic nitrogens is 3. The molecule has 0 saturated carbocycles. The molecule has 0 fully saturated rings. The number of fused-ring (bicyclic) bond motifs is 1. The van der Waals surface area contributed by atoms with Gasteiger partial charge < -0.3 is 14.4 Å². The molecule has 0 radical (unpaired) electrons. The number of aryl methyl sites for hydroxylation is 2. The van der Waals surface area contributed by atoms with Crippen molar-refractivity contribution in [1.82, 2.24) is 15.0 Å². The molecule has 8 heteroatoms. The standard InChI is InChI=1S/C11H14O2.C8H9F.C7H8N4S.2C2H6/c1-9(8-13-10(2)12)11-6-4-3-5-7-11;1-2-7-5-3-4-6-8(7)9;1-4-5-2-3-8-6(5)10-7(9-4)11-12;2*1-2/h3-7,9H,8H2,1-2H3;3-6H,2H2,1H3;2-3,12H,1H3,(H2,8,9,10,11);2*1-2H3. The van der Waals surface area contributed by atoms with Gasteiger partial charge in [-0.05, 0) is 36.6 Å². The lowest BCUT2D eigenvalue weighted by atomic mass is 10.0. The van der Waals surface area contributed by atoms with Crippen LogP contribution in [0.4, 0.5) is 10.3 Å². The topological polar surface area (TPSA) is 79.9 Å². The highest BCUT2D eigenvalue weighted by Gasteiger charge is 2.06. The maximum atomic E-state index is 12.6. The average Bonchev–Trinajstić information content (AvgIpc) is 3.45. The van der Waals surface area contributed by atoms with E-state index in [1.165, 1.54) is 18.6 Å². The van der Waals surface area contributed by atoms with Gasteiger partial charge in [-0.2, -0.15) is 4.98 Å². The number of anilines is 1.